The first kappa shape index (κ1) is 12.4. The Morgan fingerprint density at radius 1 is 1.69 bits per heavy atom. The molecule has 0 aromatic carbocycles. The van der Waals surface area contributed by atoms with Crippen LogP contribution in [0.4, 0.5) is 0 Å². The van der Waals surface area contributed by atoms with Gasteiger partial charge in [0.1, 0.15) is 0 Å². The Bertz CT molecular complexity index is 340. The molecular weight excluding hydrogens is 238 g/mol. The molecule has 2 rings (SSSR count). The van der Waals surface area contributed by atoms with Crippen LogP contribution in [0, 0.1) is 6.92 Å². The van der Waals surface area contributed by atoms with Gasteiger partial charge >= 0.3 is 0 Å². The molecule has 2 heterocycles. The third-order valence-electron chi connectivity index (χ3n) is 3.05. The van der Waals surface area contributed by atoms with Crippen LogP contribution in [-0.4, -0.2) is 24.5 Å². The number of rotatable bonds is 4. The maximum atomic E-state index is 5.90. The van der Waals surface area contributed by atoms with E-state index in [0.717, 1.165) is 19.6 Å². The number of hydrogen-bond acceptors (Lipinski definition) is 4. The summed E-state index contributed by atoms with van der Waals surface area (Å²) in [5.41, 5.74) is 7.28. The van der Waals surface area contributed by atoms with Gasteiger partial charge < -0.3 is 10.5 Å². The first-order valence-electron chi connectivity index (χ1n) is 5.73. The van der Waals surface area contributed by atoms with E-state index in [4.69, 9.17) is 10.5 Å². The predicted molar refractivity (Wildman–Crippen MR) is 72.3 cm³/mol. The minimum atomic E-state index is 0.374. The van der Waals surface area contributed by atoms with Crippen molar-refractivity contribution in [2.45, 2.75) is 36.9 Å². The van der Waals surface area contributed by atoms with Gasteiger partial charge in [-0.3, -0.25) is 0 Å². The van der Waals surface area contributed by atoms with Crippen molar-refractivity contribution >= 4 is 23.1 Å². The summed E-state index contributed by atoms with van der Waals surface area (Å²) in [6, 6.07) is 2.18. The Hall–Kier alpha value is -0.0300. The Labute approximate surface area is 106 Å². The Morgan fingerprint density at radius 3 is 3.00 bits per heavy atom. The highest BCUT2D eigenvalue weighted by Crippen LogP contribution is 2.40. The SMILES string of the molecule is Cc1ccsc1C(CN)SC1CCOC1C. The van der Waals surface area contributed by atoms with E-state index in [0.29, 0.717) is 16.6 Å². The molecule has 0 amide bonds. The van der Waals surface area contributed by atoms with Gasteiger partial charge in [-0.05, 0) is 37.3 Å². The van der Waals surface area contributed by atoms with Crippen LogP contribution in [-0.2, 0) is 4.74 Å². The third-order valence-corrected chi connectivity index (χ3v) is 6.06. The number of hydrogen-bond donors (Lipinski definition) is 1. The van der Waals surface area contributed by atoms with Crippen molar-refractivity contribution in [1.82, 2.24) is 0 Å². The molecule has 1 saturated heterocycles. The summed E-state index contributed by atoms with van der Waals surface area (Å²) in [5, 5.41) is 3.20. The monoisotopic (exact) mass is 257 g/mol. The van der Waals surface area contributed by atoms with E-state index in [2.05, 4.69) is 25.3 Å². The molecule has 90 valence electrons. The van der Waals surface area contributed by atoms with Crippen LogP contribution in [0.5, 0.6) is 0 Å². The molecule has 1 aromatic heterocycles. The van der Waals surface area contributed by atoms with Crippen molar-refractivity contribution in [2.75, 3.05) is 13.2 Å². The maximum absolute atomic E-state index is 5.90. The summed E-state index contributed by atoms with van der Waals surface area (Å²) in [6.45, 7) is 5.96. The minimum absolute atomic E-state index is 0.374. The first-order chi connectivity index (χ1) is 7.72. The fourth-order valence-corrected chi connectivity index (χ4v) is 4.67. The highest BCUT2D eigenvalue weighted by atomic mass is 32.2. The molecule has 1 aromatic rings. The van der Waals surface area contributed by atoms with Gasteiger partial charge in [0, 0.05) is 23.3 Å². The van der Waals surface area contributed by atoms with E-state index < -0.39 is 0 Å². The molecule has 3 unspecified atom stereocenters. The second-order valence-electron chi connectivity index (χ2n) is 4.23. The van der Waals surface area contributed by atoms with Crippen molar-refractivity contribution < 1.29 is 4.74 Å². The van der Waals surface area contributed by atoms with E-state index in [1.165, 1.54) is 10.4 Å². The minimum Gasteiger partial charge on any atom is -0.377 e. The highest BCUT2D eigenvalue weighted by molar-refractivity contribution is 8.00. The third kappa shape index (κ3) is 2.62. The average molecular weight is 257 g/mol. The van der Waals surface area contributed by atoms with E-state index in [1.807, 2.05) is 23.1 Å². The second-order valence-corrected chi connectivity index (χ2v) is 6.63. The molecule has 0 saturated carbocycles. The van der Waals surface area contributed by atoms with E-state index in [9.17, 15) is 0 Å². The van der Waals surface area contributed by atoms with Crippen molar-refractivity contribution in [3.63, 3.8) is 0 Å². The van der Waals surface area contributed by atoms with Crippen LogP contribution in [0.15, 0.2) is 11.4 Å². The summed E-state index contributed by atoms with van der Waals surface area (Å²) < 4.78 is 5.60. The van der Waals surface area contributed by atoms with Crippen LogP contribution in [0.25, 0.3) is 0 Å². The standard InChI is InChI=1S/C12H19NOS2/c1-8-4-6-15-12(8)11(7-13)16-10-3-5-14-9(10)2/h4,6,9-11H,3,5,7,13H2,1-2H3. The zero-order valence-corrected chi connectivity index (χ0v) is 11.4. The summed E-state index contributed by atoms with van der Waals surface area (Å²) in [4.78, 5) is 1.44. The molecule has 0 spiro atoms. The molecule has 16 heavy (non-hydrogen) atoms. The fourth-order valence-electron chi connectivity index (χ4n) is 2.04. The molecule has 1 aliphatic rings. The summed E-state index contributed by atoms with van der Waals surface area (Å²) in [7, 11) is 0. The van der Waals surface area contributed by atoms with E-state index in [1.54, 1.807) is 0 Å². The van der Waals surface area contributed by atoms with Gasteiger partial charge in [-0.1, -0.05) is 0 Å². The van der Waals surface area contributed by atoms with Gasteiger partial charge in [0.15, 0.2) is 0 Å². The molecule has 0 radical (unpaired) electrons. The van der Waals surface area contributed by atoms with Gasteiger partial charge in [0.25, 0.3) is 0 Å². The fraction of sp³-hybridized carbons (Fsp3) is 0.667. The lowest BCUT2D eigenvalue weighted by Gasteiger charge is -2.20. The lowest BCUT2D eigenvalue weighted by Crippen LogP contribution is -2.18. The number of ether oxygens (including phenoxy) is 1. The largest absolute Gasteiger partial charge is 0.377 e. The lowest BCUT2D eigenvalue weighted by molar-refractivity contribution is 0.127. The number of aryl methyl sites for hydroxylation is 1. The van der Waals surface area contributed by atoms with Gasteiger partial charge in [-0.25, -0.2) is 0 Å². The first-order valence-corrected chi connectivity index (χ1v) is 7.55. The number of thiophene rings is 1. The van der Waals surface area contributed by atoms with E-state index >= 15 is 0 Å². The van der Waals surface area contributed by atoms with Gasteiger partial charge in [-0.2, -0.15) is 0 Å². The Kier molecular flexibility index (Phi) is 4.30. The quantitative estimate of drug-likeness (QED) is 0.900. The van der Waals surface area contributed by atoms with Crippen molar-refractivity contribution in [1.29, 1.82) is 0 Å². The van der Waals surface area contributed by atoms with Gasteiger partial charge in [0.2, 0.25) is 0 Å². The van der Waals surface area contributed by atoms with Crippen LogP contribution < -0.4 is 5.73 Å². The smallest absolute Gasteiger partial charge is 0.0666 e. The highest BCUT2D eigenvalue weighted by Gasteiger charge is 2.28. The molecule has 4 heteroatoms. The normalized spacial score (nSPS) is 27.2. The number of nitrogens with two attached hydrogens (primary N) is 1. The molecule has 2 N–H and O–H groups in total. The molecule has 2 nitrogen and oxygen atoms in total. The topological polar surface area (TPSA) is 35.2 Å². The Morgan fingerprint density at radius 2 is 2.50 bits per heavy atom. The average Bonchev–Trinajstić information content (AvgIpc) is 2.85. The molecule has 1 fully saturated rings. The second kappa shape index (κ2) is 5.54. The molecule has 1 aliphatic heterocycles. The van der Waals surface area contributed by atoms with Crippen molar-refractivity contribution in [3.05, 3.63) is 21.9 Å². The van der Waals surface area contributed by atoms with Crippen molar-refractivity contribution in [3.8, 4) is 0 Å². The van der Waals surface area contributed by atoms with Crippen LogP contribution >= 0.6 is 23.1 Å². The molecule has 0 aliphatic carbocycles. The number of thioether (sulfide) groups is 1. The van der Waals surface area contributed by atoms with Gasteiger partial charge in [0.05, 0.1) is 11.4 Å². The van der Waals surface area contributed by atoms with Crippen LogP contribution in [0.1, 0.15) is 29.0 Å². The zero-order valence-electron chi connectivity index (χ0n) is 9.81. The zero-order chi connectivity index (χ0) is 11.5. The summed E-state index contributed by atoms with van der Waals surface area (Å²) in [6.07, 6.45) is 1.53. The summed E-state index contributed by atoms with van der Waals surface area (Å²) >= 11 is 3.82. The maximum Gasteiger partial charge on any atom is 0.0666 e. The predicted octanol–water partition coefficient (Wildman–Crippen LogP) is 2.97. The van der Waals surface area contributed by atoms with Crippen LogP contribution in [0.2, 0.25) is 0 Å². The molecular formula is C12H19NOS2. The van der Waals surface area contributed by atoms with Gasteiger partial charge in [-0.15, -0.1) is 23.1 Å². The Balaban J connectivity index is 2.03. The van der Waals surface area contributed by atoms with E-state index in [-0.39, 0.29) is 0 Å². The lowest BCUT2D eigenvalue weighted by atomic mass is 10.2. The molecule has 0 bridgehead atoms. The van der Waals surface area contributed by atoms with Crippen molar-refractivity contribution in [2.24, 2.45) is 5.73 Å². The summed E-state index contributed by atoms with van der Waals surface area (Å²) in [5.74, 6) is 0. The van der Waals surface area contributed by atoms with Crippen LogP contribution in [0.3, 0.4) is 0 Å². The molecule has 3 atom stereocenters.